The van der Waals surface area contributed by atoms with E-state index in [1.165, 1.54) is 7.11 Å². The maximum absolute atomic E-state index is 11.6. The molecule has 0 aliphatic carbocycles. The molecule has 0 bridgehead atoms. The van der Waals surface area contributed by atoms with Crippen LogP contribution in [0.2, 0.25) is 0 Å². The van der Waals surface area contributed by atoms with E-state index in [1.54, 1.807) is 31.4 Å². The lowest BCUT2D eigenvalue weighted by atomic mass is 10.1. The number of nitrogens with two attached hydrogens (primary N) is 1. The van der Waals surface area contributed by atoms with E-state index in [-0.39, 0.29) is 6.61 Å². The minimum Gasteiger partial charge on any atom is -0.497 e. The third-order valence-electron chi connectivity index (χ3n) is 2.21. The first-order chi connectivity index (χ1) is 8.22. The first-order valence-corrected chi connectivity index (χ1v) is 5.26. The van der Waals surface area contributed by atoms with Crippen molar-refractivity contribution < 1.29 is 19.0 Å². The van der Waals surface area contributed by atoms with Gasteiger partial charge in [-0.1, -0.05) is 12.1 Å². The average Bonchev–Trinajstić information content (AvgIpc) is 2.39. The molecule has 1 aromatic carbocycles. The average molecular weight is 239 g/mol. The van der Waals surface area contributed by atoms with Gasteiger partial charge in [0.1, 0.15) is 5.75 Å². The molecule has 94 valence electrons. The maximum atomic E-state index is 11.6. The Morgan fingerprint density at radius 2 is 2.18 bits per heavy atom. The topological polar surface area (TPSA) is 70.8 Å². The standard InChI is InChI=1S/C12H17NO4/c1-15-10-5-3-4-9(8-10)11(12(14)16-2)17-7-6-13/h3-5,8,11H,6-7,13H2,1-2H3. The van der Waals surface area contributed by atoms with Gasteiger partial charge < -0.3 is 19.9 Å². The summed E-state index contributed by atoms with van der Waals surface area (Å²) in [6.45, 7) is 0.633. The van der Waals surface area contributed by atoms with Crippen molar-refractivity contribution in [3.05, 3.63) is 29.8 Å². The lowest BCUT2D eigenvalue weighted by Crippen LogP contribution is -2.21. The number of carbonyl (C=O) groups is 1. The molecule has 5 heteroatoms. The Labute approximate surface area is 100 Å². The molecule has 1 unspecified atom stereocenters. The Balaban J connectivity index is 2.90. The number of carbonyl (C=O) groups excluding carboxylic acids is 1. The van der Waals surface area contributed by atoms with Crippen LogP contribution in [-0.4, -0.2) is 33.3 Å². The number of benzene rings is 1. The number of methoxy groups -OCH3 is 2. The molecule has 0 radical (unpaired) electrons. The van der Waals surface area contributed by atoms with Crippen LogP contribution in [0.3, 0.4) is 0 Å². The molecule has 1 atom stereocenters. The van der Waals surface area contributed by atoms with Crippen LogP contribution < -0.4 is 10.5 Å². The largest absolute Gasteiger partial charge is 0.497 e. The monoisotopic (exact) mass is 239 g/mol. The van der Waals surface area contributed by atoms with Crippen LogP contribution in [0, 0.1) is 0 Å². The van der Waals surface area contributed by atoms with Crippen molar-refractivity contribution in [2.45, 2.75) is 6.10 Å². The second-order valence-corrected chi connectivity index (χ2v) is 3.34. The van der Waals surface area contributed by atoms with Gasteiger partial charge in [-0.2, -0.15) is 0 Å². The van der Waals surface area contributed by atoms with Crippen molar-refractivity contribution in [3.8, 4) is 5.75 Å². The quantitative estimate of drug-likeness (QED) is 0.746. The van der Waals surface area contributed by atoms with E-state index in [4.69, 9.17) is 19.9 Å². The van der Waals surface area contributed by atoms with Gasteiger partial charge in [-0.25, -0.2) is 4.79 Å². The second kappa shape index (κ2) is 6.88. The number of esters is 1. The van der Waals surface area contributed by atoms with Crippen molar-refractivity contribution in [1.82, 2.24) is 0 Å². The van der Waals surface area contributed by atoms with Crippen LogP contribution in [0.15, 0.2) is 24.3 Å². The first kappa shape index (κ1) is 13.5. The van der Waals surface area contributed by atoms with Gasteiger partial charge in [0.05, 0.1) is 20.8 Å². The lowest BCUT2D eigenvalue weighted by molar-refractivity contribution is -0.154. The van der Waals surface area contributed by atoms with Crippen molar-refractivity contribution in [2.24, 2.45) is 5.73 Å². The molecule has 0 aromatic heterocycles. The van der Waals surface area contributed by atoms with Gasteiger partial charge in [0.25, 0.3) is 0 Å². The van der Waals surface area contributed by atoms with Crippen LogP contribution >= 0.6 is 0 Å². The molecule has 0 fully saturated rings. The minimum atomic E-state index is -0.765. The highest BCUT2D eigenvalue weighted by molar-refractivity contribution is 5.76. The van der Waals surface area contributed by atoms with Crippen LogP contribution in [0.4, 0.5) is 0 Å². The summed E-state index contributed by atoms with van der Waals surface area (Å²) in [5.74, 6) is 0.208. The van der Waals surface area contributed by atoms with Crippen molar-refractivity contribution in [2.75, 3.05) is 27.4 Å². The van der Waals surface area contributed by atoms with E-state index in [9.17, 15) is 4.79 Å². The molecule has 0 amide bonds. The predicted molar refractivity (Wildman–Crippen MR) is 62.8 cm³/mol. The fourth-order valence-corrected chi connectivity index (χ4v) is 1.40. The Morgan fingerprint density at radius 1 is 1.41 bits per heavy atom. The van der Waals surface area contributed by atoms with E-state index in [0.717, 1.165) is 0 Å². The van der Waals surface area contributed by atoms with Crippen molar-refractivity contribution in [3.63, 3.8) is 0 Å². The molecule has 5 nitrogen and oxygen atoms in total. The molecular weight excluding hydrogens is 222 g/mol. The summed E-state index contributed by atoms with van der Waals surface area (Å²) < 4.78 is 15.2. The fourth-order valence-electron chi connectivity index (χ4n) is 1.40. The summed E-state index contributed by atoms with van der Waals surface area (Å²) in [5.41, 5.74) is 6.04. The molecule has 0 saturated heterocycles. The SMILES string of the molecule is COC(=O)C(OCCN)c1cccc(OC)c1. The first-order valence-electron chi connectivity index (χ1n) is 5.26. The van der Waals surface area contributed by atoms with Crippen LogP contribution in [0.5, 0.6) is 5.75 Å². The molecule has 0 spiro atoms. The maximum Gasteiger partial charge on any atom is 0.339 e. The number of hydrogen-bond donors (Lipinski definition) is 1. The zero-order valence-corrected chi connectivity index (χ0v) is 10.0. The van der Waals surface area contributed by atoms with Crippen molar-refractivity contribution >= 4 is 5.97 Å². The third-order valence-corrected chi connectivity index (χ3v) is 2.21. The van der Waals surface area contributed by atoms with E-state index in [1.807, 2.05) is 0 Å². The van der Waals surface area contributed by atoms with Gasteiger partial charge in [0, 0.05) is 6.54 Å². The Kier molecular flexibility index (Phi) is 5.45. The van der Waals surface area contributed by atoms with Gasteiger partial charge in [0.2, 0.25) is 0 Å². The van der Waals surface area contributed by atoms with Gasteiger partial charge >= 0.3 is 5.97 Å². The lowest BCUT2D eigenvalue weighted by Gasteiger charge is -2.16. The van der Waals surface area contributed by atoms with Crippen molar-refractivity contribution in [1.29, 1.82) is 0 Å². The summed E-state index contributed by atoms with van der Waals surface area (Å²) in [7, 11) is 2.88. The van der Waals surface area contributed by atoms with Crippen LogP contribution in [0.1, 0.15) is 11.7 Å². The summed E-state index contributed by atoms with van der Waals surface area (Å²) >= 11 is 0. The molecule has 0 aliphatic rings. The molecule has 1 rings (SSSR count). The van der Waals surface area contributed by atoms with E-state index >= 15 is 0 Å². The zero-order valence-electron chi connectivity index (χ0n) is 10.0. The molecule has 0 aliphatic heterocycles. The van der Waals surface area contributed by atoms with Gasteiger partial charge in [-0.3, -0.25) is 0 Å². The summed E-state index contributed by atoms with van der Waals surface area (Å²) in [4.78, 5) is 11.6. The van der Waals surface area contributed by atoms with E-state index < -0.39 is 12.1 Å². The molecule has 0 heterocycles. The van der Waals surface area contributed by atoms with Crippen LogP contribution in [0.25, 0.3) is 0 Å². The predicted octanol–water partition coefficient (Wildman–Crippen LogP) is 0.885. The number of rotatable bonds is 6. The Bertz CT molecular complexity index is 367. The minimum absolute atomic E-state index is 0.289. The molecule has 0 saturated carbocycles. The highest BCUT2D eigenvalue weighted by Gasteiger charge is 2.22. The van der Waals surface area contributed by atoms with Gasteiger partial charge in [0.15, 0.2) is 6.10 Å². The van der Waals surface area contributed by atoms with Crippen LogP contribution in [-0.2, 0) is 14.3 Å². The highest BCUT2D eigenvalue weighted by Crippen LogP contribution is 2.23. The van der Waals surface area contributed by atoms with Gasteiger partial charge in [-0.15, -0.1) is 0 Å². The molecule has 17 heavy (non-hydrogen) atoms. The summed E-state index contributed by atoms with van der Waals surface area (Å²) in [6, 6.07) is 7.09. The second-order valence-electron chi connectivity index (χ2n) is 3.34. The Hall–Kier alpha value is -1.59. The molecular formula is C12H17NO4. The van der Waals surface area contributed by atoms with E-state index in [0.29, 0.717) is 17.9 Å². The summed E-state index contributed by atoms with van der Waals surface area (Å²) in [6.07, 6.45) is -0.765. The highest BCUT2D eigenvalue weighted by atomic mass is 16.6. The zero-order chi connectivity index (χ0) is 12.7. The molecule has 2 N–H and O–H groups in total. The van der Waals surface area contributed by atoms with E-state index in [2.05, 4.69) is 0 Å². The number of ether oxygens (including phenoxy) is 3. The molecule has 1 aromatic rings. The fraction of sp³-hybridized carbons (Fsp3) is 0.417. The third kappa shape index (κ3) is 3.72. The van der Waals surface area contributed by atoms with Gasteiger partial charge in [-0.05, 0) is 17.7 Å². The Morgan fingerprint density at radius 3 is 2.76 bits per heavy atom. The normalized spacial score (nSPS) is 11.9. The number of hydrogen-bond acceptors (Lipinski definition) is 5. The smallest absolute Gasteiger partial charge is 0.339 e. The summed E-state index contributed by atoms with van der Waals surface area (Å²) in [5, 5.41) is 0.